The standard InChI is InChI=1S/C37H48N6O5S2/c1-24(2)33(41-36(46)42(5)21-29-22-49-35(40-29)25(3)4)34(45)39-28(17-26-13-9-7-10-14-26)19-31(44)30(18-27-15-11-8-12-16-27)43(6)37(47)48-32-20-38-23-50-32/h7-16,20,22-25,28,30-31,33,44H,17-19,21H2,1-6H3,(H,39,45)(H,41,46)/t28-,30+,31+,33+/m1/s1. The summed E-state index contributed by atoms with van der Waals surface area (Å²) in [6.07, 6.45) is 0.719. The van der Waals surface area contributed by atoms with Crippen molar-refractivity contribution in [2.45, 2.75) is 83.6 Å². The summed E-state index contributed by atoms with van der Waals surface area (Å²) in [6, 6.07) is 16.9. The van der Waals surface area contributed by atoms with Gasteiger partial charge in [0.2, 0.25) is 11.0 Å². The molecule has 0 saturated carbocycles. The summed E-state index contributed by atoms with van der Waals surface area (Å²) in [5.41, 5.74) is 4.27. The average Bonchev–Trinajstić information content (AvgIpc) is 3.79. The molecule has 0 saturated heterocycles. The zero-order valence-electron chi connectivity index (χ0n) is 29.5. The summed E-state index contributed by atoms with van der Waals surface area (Å²) < 4.78 is 5.53. The maximum Gasteiger partial charge on any atom is 0.416 e. The first-order chi connectivity index (χ1) is 23.9. The van der Waals surface area contributed by atoms with Gasteiger partial charge in [0.05, 0.1) is 41.1 Å². The van der Waals surface area contributed by atoms with Gasteiger partial charge in [-0.25, -0.2) is 19.6 Å². The molecular formula is C37H48N6O5S2. The van der Waals surface area contributed by atoms with Gasteiger partial charge in [0.1, 0.15) is 6.04 Å². The second-order valence-electron chi connectivity index (χ2n) is 13.1. The Bertz CT molecular complexity index is 1630. The fraction of sp³-hybridized carbons (Fsp3) is 0.432. The van der Waals surface area contributed by atoms with Crippen LogP contribution in [0.2, 0.25) is 0 Å². The quantitative estimate of drug-likeness (QED) is 0.127. The molecule has 0 aliphatic heterocycles. The molecule has 0 radical (unpaired) electrons. The van der Waals surface area contributed by atoms with E-state index in [1.165, 1.54) is 27.3 Å². The van der Waals surface area contributed by atoms with E-state index in [1.54, 1.807) is 30.9 Å². The van der Waals surface area contributed by atoms with E-state index in [9.17, 15) is 19.5 Å². The van der Waals surface area contributed by atoms with E-state index in [1.807, 2.05) is 79.9 Å². The van der Waals surface area contributed by atoms with E-state index in [4.69, 9.17) is 4.74 Å². The van der Waals surface area contributed by atoms with Gasteiger partial charge in [-0.15, -0.1) is 11.3 Å². The molecule has 0 fully saturated rings. The zero-order chi connectivity index (χ0) is 36.2. The summed E-state index contributed by atoms with van der Waals surface area (Å²) in [6.45, 7) is 8.22. The van der Waals surface area contributed by atoms with Crippen molar-refractivity contribution >= 4 is 40.7 Å². The monoisotopic (exact) mass is 720 g/mol. The highest BCUT2D eigenvalue weighted by Crippen LogP contribution is 2.22. The van der Waals surface area contributed by atoms with Crippen molar-refractivity contribution in [2.75, 3.05) is 14.1 Å². The third kappa shape index (κ3) is 11.4. The van der Waals surface area contributed by atoms with Gasteiger partial charge in [-0.1, -0.05) is 99.7 Å². The molecule has 2 aromatic carbocycles. The molecule has 4 rings (SSSR count). The van der Waals surface area contributed by atoms with Gasteiger partial charge >= 0.3 is 12.1 Å². The predicted molar refractivity (Wildman–Crippen MR) is 197 cm³/mol. The first kappa shape index (κ1) is 38.5. The van der Waals surface area contributed by atoms with Crippen LogP contribution in [0.15, 0.2) is 77.8 Å². The molecule has 268 valence electrons. The normalized spacial score (nSPS) is 13.7. The Morgan fingerprint density at radius 2 is 1.54 bits per heavy atom. The molecule has 0 unspecified atom stereocenters. The lowest BCUT2D eigenvalue weighted by molar-refractivity contribution is -0.124. The van der Waals surface area contributed by atoms with Crippen LogP contribution in [0.3, 0.4) is 0 Å². The molecule has 2 aromatic heterocycles. The maximum absolute atomic E-state index is 13.9. The van der Waals surface area contributed by atoms with Crippen molar-refractivity contribution in [1.29, 1.82) is 0 Å². The molecule has 3 N–H and O–H groups in total. The third-order valence-corrected chi connectivity index (χ3v) is 10.2. The molecule has 4 amide bonds. The Labute approximate surface area is 302 Å². The molecular weight excluding hydrogens is 673 g/mol. The minimum Gasteiger partial charge on any atom is -0.397 e. The number of hydrogen-bond acceptors (Lipinski definition) is 9. The molecule has 2 heterocycles. The topological polar surface area (TPSA) is 137 Å². The number of aliphatic hydroxyl groups excluding tert-OH is 1. The van der Waals surface area contributed by atoms with Gasteiger partial charge in [-0.05, 0) is 36.3 Å². The summed E-state index contributed by atoms with van der Waals surface area (Å²) in [5.74, 6) is -0.279. The lowest BCUT2D eigenvalue weighted by Gasteiger charge is -2.34. The van der Waals surface area contributed by atoms with Crippen LogP contribution < -0.4 is 15.4 Å². The van der Waals surface area contributed by atoms with Crippen molar-refractivity contribution in [2.24, 2.45) is 5.92 Å². The number of benzene rings is 2. The Morgan fingerprint density at radius 1 is 0.900 bits per heavy atom. The number of likely N-dealkylation sites (N-methyl/N-ethyl adjacent to an activating group) is 1. The van der Waals surface area contributed by atoms with Gasteiger partial charge in [0, 0.05) is 31.4 Å². The largest absolute Gasteiger partial charge is 0.416 e. The number of amides is 4. The fourth-order valence-corrected chi connectivity index (χ4v) is 6.81. The number of hydrogen-bond donors (Lipinski definition) is 3. The lowest BCUT2D eigenvalue weighted by Crippen LogP contribution is -2.56. The van der Waals surface area contributed by atoms with E-state index in [-0.39, 0.29) is 24.3 Å². The second-order valence-corrected chi connectivity index (χ2v) is 14.9. The molecule has 0 aliphatic rings. The van der Waals surface area contributed by atoms with E-state index in [0.717, 1.165) is 21.8 Å². The molecule has 0 spiro atoms. The number of rotatable bonds is 16. The number of urea groups is 1. The first-order valence-electron chi connectivity index (χ1n) is 16.8. The van der Waals surface area contributed by atoms with Crippen molar-refractivity contribution in [1.82, 2.24) is 30.4 Å². The maximum atomic E-state index is 13.9. The summed E-state index contributed by atoms with van der Waals surface area (Å²) in [4.78, 5) is 52.0. The van der Waals surface area contributed by atoms with E-state index < -0.39 is 30.3 Å². The van der Waals surface area contributed by atoms with E-state index in [0.29, 0.717) is 30.4 Å². The third-order valence-electron chi connectivity index (χ3n) is 8.35. The van der Waals surface area contributed by atoms with E-state index in [2.05, 4.69) is 34.4 Å². The van der Waals surface area contributed by atoms with Crippen molar-refractivity contribution in [3.8, 4) is 5.06 Å². The minimum absolute atomic E-state index is 0.136. The van der Waals surface area contributed by atoms with Gasteiger partial charge < -0.3 is 30.3 Å². The molecule has 50 heavy (non-hydrogen) atoms. The van der Waals surface area contributed by atoms with Crippen LogP contribution in [0.4, 0.5) is 9.59 Å². The van der Waals surface area contributed by atoms with Crippen LogP contribution in [-0.4, -0.2) is 81.2 Å². The SMILES string of the molecule is CC(C)c1nc(CN(C)C(=O)N[C@H](C(=O)N[C@H](Cc2ccccc2)C[C@H](O)[C@H](Cc2ccccc2)N(C)C(=O)Oc2cncs2)C(C)C)cs1. The number of ether oxygens (including phenoxy) is 1. The van der Waals surface area contributed by atoms with Crippen LogP contribution >= 0.6 is 22.7 Å². The summed E-state index contributed by atoms with van der Waals surface area (Å²) >= 11 is 2.77. The average molecular weight is 721 g/mol. The molecule has 4 atom stereocenters. The number of aromatic nitrogens is 2. The number of aliphatic hydroxyl groups is 1. The highest BCUT2D eigenvalue weighted by Gasteiger charge is 2.33. The highest BCUT2D eigenvalue weighted by molar-refractivity contribution is 7.11. The number of carbonyl (C=O) groups is 3. The Balaban J connectivity index is 1.51. The van der Waals surface area contributed by atoms with Crippen molar-refractivity contribution in [3.63, 3.8) is 0 Å². The van der Waals surface area contributed by atoms with Crippen LogP contribution in [0.5, 0.6) is 5.06 Å². The number of nitrogens with one attached hydrogen (secondary N) is 2. The Morgan fingerprint density at radius 3 is 2.10 bits per heavy atom. The molecule has 0 bridgehead atoms. The Hall–Kier alpha value is -4.33. The van der Waals surface area contributed by atoms with E-state index >= 15 is 0 Å². The first-order valence-corrected chi connectivity index (χ1v) is 18.5. The zero-order valence-corrected chi connectivity index (χ0v) is 31.1. The predicted octanol–water partition coefficient (Wildman–Crippen LogP) is 6.11. The Kier molecular flexibility index (Phi) is 14.3. The highest BCUT2D eigenvalue weighted by atomic mass is 32.1. The van der Waals surface area contributed by atoms with Crippen molar-refractivity contribution < 1.29 is 24.2 Å². The number of thiazole rings is 2. The van der Waals surface area contributed by atoms with Gasteiger partial charge in [0.15, 0.2) is 0 Å². The molecule has 0 aliphatic carbocycles. The second kappa shape index (κ2) is 18.6. The fourth-order valence-electron chi connectivity index (χ4n) is 5.52. The minimum atomic E-state index is -1.05. The molecule has 13 heteroatoms. The van der Waals surface area contributed by atoms with Crippen LogP contribution in [-0.2, 0) is 24.2 Å². The number of carbonyl (C=O) groups excluding carboxylic acids is 3. The van der Waals surface area contributed by atoms with Gasteiger partial charge in [-0.3, -0.25) is 4.79 Å². The van der Waals surface area contributed by atoms with Crippen LogP contribution in [0.1, 0.15) is 61.9 Å². The smallest absolute Gasteiger partial charge is 0.397 e. The van der Waals surface area contributed by atoms with Crippen LogP contribution in [0.25, 0.3) is 0 Å². The lowest BCUT2D eigenvalue weighted by atomic mass is 9.92. The van der Waals surface area contributed by atoms with Gasteiger partial charge in [-0.2, -0.15) is 0 Å². The number of nitrogens with zero attached hydrogens (tertiary/aromatic N) is 4. The van der Waals surface area contributed by atoms with Crippen LogP contribution in [0, 0.1) is 5.92 Å². The summed E-state index contributed by atoms with van der Waals surface area (Å²) in [5, 5.41) is 21.2. The molecule has 11 nitrogen and oxygen atoms in total. The van der Waals surface area contributed by atoms with Gasteiger partial charge in [0.25, 0.3) is 0 Å². The molecule has 4 aromatic rings. The summed E-state index contributed by atoms with van der Waals surface area (Å²) in [7, 11) is 3.28. The van der Waals surface area contributed by atoms with Crippen molar-refractivity contribution in [3.05, 3.63) is 99.6 Å².